The molecule has 0 bridgehead atoms. The normalized spacial score (nSPS) is 26.3. The average molecular weight is 1330 g/mol. The molecule has 94 heavy (non-hydrogen) atoms. The van der Waals surface area contributed by atoms with E-state index in [9.17, 15) is 37.8 Å². The number of hydrogen-bond donors (Lipinski definition) is 3. The quantitative estimate of drug-likeness (QED) is 0.0245. The number of esters is 4. The lowest BCUT2D eigenvalue weighted by molar-refractivity contribution is -0.153. The molecule has 0 aliphatic carbocycles. The Morgan fingerprint density at radius 1 is 0.585 bits per heavy atom. The largest absolute Gasteiger partial charge is 0.491 e. The first-order valence-electron chi connectivity index (χ1n) is 30.8. The smallest absolute Gasteiger partial charge is 0.342 e. The van der Waals surface area contributed by atoms with Crippen molar-refractivity contribution in [2.24, 2.45) is 17.6 Å². The van der Waals surface area contributed by atoms with Crippen LogP contribution in [0.4, 0.5) is 0 Å². The Kier molecular flexibility index (Phi) is 26.9. The van der Waals surface area contributed by atoms with Gasteiger partial charge in [0, 0.05) is 44.7 Å². The van der Waals surface area contributed by atoms with Gasteiger partial charge >= 0.3 is 23.9 Å². The molecule has 0 aromatic heterocycles. The Labute approximate surface area is 548 Å². The topological polar surface area (TPSA) is 307 Å². The molecule has 12 atom stereocenters. The fourth-order valence-corrected chi connectivity index (χ4v) is 10.5. The van der Waals surface area contributed by atoms with Crippen LogP contribution in [-0.2, 0) is 61.7 Å². The van der Waals surface area contributed by atoms with Crippen LogP contribution in [0, 0.1) is 11.8 Å². The summed E-state index contributed by atoms with van der Waals surface area (Å²) >= 11 is 0. The van der Waals surface area contributed by atoms with Crippen molar-refractivity contribution in [3.8, 4) is 23.0 Å². The maximum Gasteiger partial charge on any atom is 0.342 e. The Hall–Kier alpha value is -7.53. The standard InChI is InChI=1S/C35H44O13S.C34H43NO10/c1-22-15-16-28(46-33(37)24-11-8-7-9-12-24)32-29(47-35(3,4)48-32)14-10-13-25-17-27(42-19-26(36)20-44-49(6,39)40)18-30(43-21-41-5)31(25)34(38)45-23(22)2;1-21-14-15-27(43-32(37)23-10-7-6-8-11-23)31-28(44-34(3,4)45-31)13-9-12-24-16-26(40-19-25(36)18-35)17-29(41-20-39-5)30(24)33(38)42-22(21)2/h7-13,15-18,22-23,26,28-29,32,36H,14,19-21H2,1-6H3;6-12,14-17,21-22,25,27-28,31,36H,13,18-20,35H2,1-5H3/b13-10+,16-15-;12-9+,15-14-/t22-,23+,26?,28?,29+,32?;21-,22+,25?,27?,28+,31?/m11/s1. The fourth-order valence-electron chi connectivity index (χ4n) is 10.1. The summed E-state index contributed by atoms with van der Waals surface area (Å²) in [5, 5.41) is 20.2. The molecule has 4 aliphatic rings. The monoisotopic (exact) mass is 1330 g/mol. The van der Waals surface area contributed by atoms with Crippen LogP contribution >= 0.6 is 0 Å². The van der Waals surface area contributed by atoms with E-state index in [1.54, 1.807) is 125 Å². The number of aliphatic hydroxyl groups excluding tert-OH is 2. The molecule has 4 aliphatic heterocycles. The number of benzene rings is 4. The van der Waals surface area contributed by atoms with Gasteiger partial charge < -0.3 is 82.3 Å². The zero-order valence-corrected chi connectivity index (χ0v) is 55.6. The zero-order chi connectivity index (χ0) is 68.3. The van der Waals surface area contributed by atoms with Crippen molar-refractivity contribution in [3.63, 3.8) is 0 Å². The van der Waals surface area contributed by atoms with Crippen LogP contribution in [0.2, 0.25) is 0 Å². The van der Waals surface area contributed by atoms with E-state index < -0.39 is 113 Å². The summed E-state index contributed by atoms with van der Waals surface area (Å²) in [6.45, 7) is 13.3. The average Bonchev–Trinajstić information content (AvgIpc) is 1.39. The third-order valence-corrected chi connectivity index (χ3v) is 15.7. The lowest BCUT2D eigenvalue weighted by Crippen LogP contribution is -2.37. The summed E-state index contributed by atoms with van der Waals surface area (Å²) in [5.41, 5.74) is 7.45. The van der Waals surface area contributed by atoms with Gasteiger partial charge in [-0.25, -0.2) is 19.2 Å². The Morgan fingerprint density at radius 3 is 1.37 bits per heavy atom. The van der Waals surface area contributed by atoms with Crippen LogP contribution in [0.1, 0.15) is 121 Å². The molecule has 0 amide bonds. The second-order valence-electron chi connectivity index (χ2n) is 23.8. The number of fused-ring (bicyclic) bond motifs is 4. The van der Waals surface area contributed by atoms with Crippen LogP contribution in [-0.4, -0.2) is 176 Å². The van der Waals surface area contributed by atoms with Gasteiger partial charge in [-0.15, -0.1) is 0 Å². The van der Waals surface area contributed by atoms with E-state index in [1.165, 1.54) is 20.3 Å². The minimum absolute atomic E-state index is 0.0251. The van der Waals surface area contributed by atoms with Crippen molar-refractivity contribution in [1.29, 1.82) is 0 Å². The molecule has 4 aromatic carbocycles. The highest BCUT2D eigenvalue weighted by Crippen LogP contribution is 2.39. The fraction of sp³-hybridized carbons (Fsp3) is 0.478. The number of cyclic esters (lactones) is 2. The molecule has 2 fully saturated rings. The molecule has 512 valence electrons. The Balaban J connectivity index is 0.000000267. The van der Waals surface area contributed by atoms with Gasteiger partial charge in [0.25, 0.3) is 10.1 Å². The van der Waals surface area contributed by atoms with Crippen LogP contribution in [0.15, 0.2) is 121 Å². The number of aliphatic hydroxyl groups is 2. The van der Waals surface area contributed by atoms with Crippen molar-refractivity contribution in [3.05, 3.63) is 155 Å². The first kappa shape index (κ1) is 73.9. The number of carbonyl (C=O) groups is 4. The highest BCUT2D eigenvalue weighted by atomic mass is 32.2. The van der Waals surface area contributed by atoms with Gasteiger partial charge in [0.05, 0.1) is 36.2 Å². The minimum atomic E-state index is -3.76. The number of carbonyl (C=O) groups excluding carboxylic acids is 4. The molecule has 0 radical (unpaired) electrons. The molecule has 4 N–H and O–H groups in total. The molecule has 0 saturated carbocycles. The highest BCUT2D eigenvalue weighted by Gasteiger charge is 2.47. The van der Waals surface area contributed by atoms with E-state index in [0.717, 1.165) is 6.26 Å². The number of nitrogens with two attached hydrogens (primary N) is 1. The molecule has 8 rings (SSSR count). The number of ether oxygens (including phenoxy) is 14. The molecule has 24 nitrogen and oxygen atoms in total. The third-order valence-electron chi connectivity index (χ3n) is 15.1. The van der Waals surface area contributed by atoms with Crippen molar-refractivity contribution in [2.45, 2.75) is 141 Å². The molecule has 2 saturated heterocycles. The molecular formula is C69H87NO23S. The predicted octanol–water partition coefficient (Wildman–Crippen LogP) is 8.55. The van der Waals surface area contributed by atoms with Crippen LogP contribution in [0.3, 0.4) is 0 Å². The van der Waals surface area contributed by atoms with E-state index in [-0.39, 0.29) is 73.6 Å². The first-order valence-corrected chi connectivity index (χ1v) is 32.6. The lowest BCUT2D eigenvalue weighted by Gasteiger charge is -2.26. The summed E-state index contributed by atoms with van der Waals surface area (Å²) in [6, 6.07) is 23.6. The van der Waals surface area contributed by atoms with Gasteiger partial charge in [-0.3, -0.25) is 4.18 Å². The molecule has 4 aromatic rings. The van der Waals surface area contributed by atoms with E-state index in [1.807, 2.05) is 58.1 Å². The van der Waals surface area contributed by atoms with E-state index >= 15 is 0 Å². The van der Waals surface area contributed by atoms with Gasteiger partial charge in [0.1, 0.15) is 96.2 Å². The highest BCUT2D eigenvalue weighted by molar-refractivity contribution is 7.86. The molecule has 0 spiro atoms. The third kappa shape index (κ3) is 21.8. The minimum Gasteiger partial charge on any atom is -0.491 e. The first-order chi connectivity index (χ1) is 44.7. The second kappa shape index (κ2) is 34.2. The SMILES string of the molecule is COCOc1cc(OCC(O)CN)cc2c1C(=O)O[C@@H](C)[C@H](C)/C=C\C(OC(=O)c1ccccc1)C1OC(C)(C)O[C@H]1C/C=C/2.COCOc1cc(OCC(O)COS(C)(=O)=O)cc2c1C(=O)O[C@@H](C)[C@H](C)/C=C\C(OC(=O)c1ccccc1)C1OC(C)(C)O[C@H]1C/C=C/2. The van der Waals surface area contributed by atoms with Gasteiger partial charge in [-0.05, 0) is 114 Å². The van der Waals surface area contributed by atoms with E-state index in [2.05, 4.69) is 4.18 Å². The molecule has 25 heteroatoms. The van der Waals surface area contributed by atoms with E-state index in [0.29, 0.717) is 40.8 Å². The summed E-state index contributed by atoms with van der Waals surface area (Å²) in [7, 11) is -0.866. The Morgan fingerprint density at radius 2 is 0.989 bits per heavy atom. The van der Waals surface area contributed by atoms with Crippen LogP contribution in [0.5, 0.6) is 23.0 Å². The van der Waals surface area contributed by atoms with Crippen molar-refractivity contribution in [1.82, 2.24) is 0 Å². The maximum absolute atomic E-state index is 13.7. The van der Waals surface area contributed by atoms with Gasteiger partial charge in [0.15, 0.2) is 25.2 Å². The zero-order valence-electron chi connectivity index (χ0n) is 54.7. The summed E-state index contributed by atoms with van der Waals surface area (Å²) in [6.07, 6.45) is 8.42. The molecule has 6 unspecified atom stereocenters. The summed E-state index contributed by atoms with van der Waals surface area (Å²) < 4.78 is 109. The number of rotatable bonds is 20. The van der Waals surface area contributed by atoms with Crippen LogP contribution in [0.25, 0.3) is 12.2 Å². The van der Waals surface area contributed by atoms with Crippen molar-refractivity contribution < 1.29 is 108 Å². The Bertz CT molecular complexity index is 3410. The van der Waals surface area contributed by atoms with Crippen LogP contribution < -0.4 is 24.7 Å². The number of methoxy groups -OCH3 is 2. The summed E-state index contributed by atoms with van der Waals surface area (Å²) in [4.78, 5) is 53.7. The van der Waals surface area contributed by atoms with Crippen molar-refractivity contribution in [2.75, 3.05) is 60.4 Å². The summed E-state index contributed by atoms with van der Waals surface area (Å²) in [5.74, 6) is -3.97. The van der Waals surface area contributed by atoms with Gasteiger partial charge in [-0.2, -0.15) is 8.42 Å². The lowest BCUT2D eigenvalue weighted by atomic mass is 9.98. The predicted molar refractivity (Wildman–Crippen MR) is 343 cm³/mol. The molecule has 4 heterocycles. The van der Waals surface area contributed by atoms with Gasteiger partial charge in [-0.1, -0.05) is 86.7 Å². The maximum atomic E-state index is 13.7. The number of hydrogen-bond acceptors (Lipinski definition) is 24. The second-order valence-corrected chi connectivity index (χ2v) is 25.4. The van der Waals surface area contributed by atoms with Gasteiger partial charge in [0.2, 0.25) is 0 Å². The molecular weight excluding hydrogens is 1240 g/mol. The van der Waals surface area contributed by atoms with E-state index in [4.69, 9.17) is 72.0 Å². The van der Waals surface area contributed by atoms with Crippen molar-refractivity contribution >= 4 is 46.1 Å².